The van der Waals surface area contributed by atoms with Crippen LogP contribution in [0.4, 0.5) is 0 Å². The van der Waals surface area contributed by atoms with E-state index in [1.54, 1.807) is 11.9 Å². The summed E-state index contributed by atoms with van der Waals surface area (Å²) in [5.74, 6) is -0.292. The third kappa shape index (κ3) is 3.37. The molecule has 5 heteroatoms. The van der Waals surface area contributed by atoms with Gasteiger partial charge >= 0.3 is 0 Å². The summed E-state index contributed by atoms with van der Waals surface area (Å²) in [7, 11) is 3.42. The van der Waals surface area contributed by atoms with Crippen LogP contribution in [0.1, 0.15) is 25.7 Å². The highest BCUT2D eigenvalue weighted by Crippen LogP contribution is 2.22. The van der Waals surface area contributed by atoms with E-state index in [-0.39, 0.29) is 24.2 Å². The largest absolute Gasteiger partial charge is 0.341 e. The summed E-state index contributed by atoms with van der Waals surface area (Å²) in [6.45, 7) is 0.124. The molecular formula is C11H19ClN2O2. The van der Waals surface area contributed by atoms with Gasteiger partial charge in [-0.15, -0.1) is 11.6 Å². The van der Waals surface area contributed by atoms with Gasteiger partial charge in [0.05, 0.1) is 6.54 Å². The molecule has 0 aromatic carbocycles. The third-order valence-corrected chi connectivity index (χ3v) is 3.41. The second kappa shape index (κ2) is 6.09. The molecule has 0 N–H and O–H groups in total. The first-order valence-electron chi connectivity index (χ1n) is 5.62. The standard InChI is InChI=1S/C11H19ClN2O2/c1-13(10(15)7-12)8-11(16)14(2)9-5-3-4-6-9/h9H,3-8H2,1-2H3. The van der Waals surface area contributed by atoms with Gasteiger partial charge in [-0.2, -0.15) is 0 Å². The number of carbonyl (C=O) groups is 2. The fourth-order valence-electron chi connectivity index (χ4n) is 2.00. The SMILES string of the molecule is CN(CC(=O)N(C)C1CCCC1)C(=O)CCl. The fraction of sp³-hybridized carbons (Fsp3) is 0.818. The van der Waals surface area contributed by atoms with Gasteiger partial charge in [0, 0.05) is 20.1 Å². The maximum Gasteiger partial charge on any atom is 0.242 e. The van der Waals surface area contributed by atoms with Crippen molar-refractivity contribution in [2.45, 2.75) is 31.7 Å². The van der Waals surface area contributed by atoms with E-state index in [4.69, 9.17) is 11.6 Å². The van der Waals surface area contributed by atoms with Gasteiger partial charge in [0.2, 0.25) is 11.8 Å². The number of nitrogens with zero attached hydrogens (tertiary/aromatic N) is 2. The monoisotopic (exact) mass is 246 g/mol. The van der Waals surface area contributed by atoms with Gasteiger partial charge in [-0.05, 0) is 12.8 Å². The highest BCUT2D eigenvalue weighted by molar-refractivity contribution is 6.27. The van der Waals surface area contributed by atoms with E-state index in [1.807, 2.05) is 7.05 Å². The first-order valence-corrected chi connectivity index (χ1v) is 6.15. The van der Waals surface area contributed by atoms with Gasteiger partial charge in [0.25, 0.3) is 0 Å². The van der Waals surface area contributed by atoms with Crippen molar-refractivity contribution in [3.63, 3.8) is 0 Å². The fourth-order valence-corrected chi connectivity index (χ4v) is 2.20. The summed E-state index contributed by atoms with van der Waals surface area (Å²) in [6.07, 6.45) is 4.54. The number of halogens is 1. The van der Waals surface area contributed by atoms with Crippen LogP contribution in [0.3, 0.4) is 0 Å². The highest BCUT2D eigenvalue weighted by atomic mass is 35.5. The molecule has 0 spiro atoms. The summed E-state index contributed by atoms with van der Waals surface area (Å²) >= 11 is 5.42. The van der Waals surface area contributed by atoms with Crippen molar-refractivity contribution in [3.8, 4) is 0 Å². The number of carbonyl (C=O) groups excluding carboxylic acids is 2. The number of alkyl halides is 1. The van der Waals surface area contributed by atoms with Crippen LogP contribution in [-0.2, 0) is 9.59 Å². The summed E-state index contributed by atoms with van der Waals surface area (Å²) < 4.78 is 0. The molecule has 4 nitrogen and oxygen atoms in total. The molecule has 0 bridgehead atoms. The van der Waals surface area contributed by atoms with Crippen LogP contribution in [0.25, 0.3) is 0 Å². The van der Waals surface area contributed by atoms with Crippen molar-refractivity contribution in [1.82, 2.24) is 9.80 Å². The predicted molar refractivity (Wildman–Crippen MR) is 63.4 cm³/mol. The first kappa shape index (κ1) is 13.3. The van der Waals surface area contributed by atoms with Crippen molar-refractivity contribution >= 4 is 23.4 Å². The van der Waals surface area contributed by atoms with Gasteiger partial charge < -0.3 is 9.80 Å². The van der Waals surface area contributed by atoms with Crippen LogP contribution in [0.2, 0.25) is 0 Å². The maximum atomic E-state index is 11.8. The van der Waals surface area contributed by atoms with Crippen molar-refractivity contribution in [1.29, 1.82) is 0 Å². The number of hydrogen-bond acceptors (Lipinski definition) is 2. The Balaban J connectivity index is 2.41. The van der Waals surface area contributed by atoms with Crippen LogP contribution in [0.5, 0.6) is 0 Å². The van der Waals surface area contributed by atoms with Crippen LogP contribution in [0, 0.1) is 0 Å². The minimum atomic E-state index is -0.213. The quantitative estimate of drug-likeness (QED) is 0.697. The lowest BCUT2D eigenvalue weighted by Crippen LogP contribution is -2.43. The van der Waals surface area contributed by atoms with Crippen LogP contribution in [-0.4, -0.2) is 54.2 Å². The number of amides is 2. The van der Waals surface area contributed by atoms with E-state index in [0.29, 0.717) is 6.04 Å². The van der Waals surface area contributed by atoms with Crippen LogP contribution in [0.15, 0.2) is 0 Å². The average Bonchev–Trinajstić information content (AvgIpc) is 2.79. The summed E-state index contributed by atoms with van der Waals surface area (Å²) in [6, 6.07) is 0.354. The normalized spacial score (nSPS) is 16.2. The minimum absolute atomic E-state index is 0.00660. The molecule has 0 saturated heterocycles. The lowest BCUT2D eigenvalue weighted by atomic mass is 10.2. The first-order chi connectivity index (χ1) is 7.56. The van der Waals surface area contributed by atoms with Crippen molar-refractivity contribution in [2.75, 3.05) is 26.5 Å². The van der Waals surface area contributed by atoms with Crippen molar-refractivity contribution in [3.05, 3.63) is 0 Å². The Morgan fingerprint density at radius 3 is 2.25 bits per heavy atom. The van der Waals surface area contributed by atoms with Gasteiger partial charge in [-0.25, -0.2) is 0 Å². The second-order valence-electron chi connectivity index (χ2n) is 4.33. The van der Waals surface area contributed by atoms with E-state index in [1.165, 1.54) is 17.7 Å². The number of likely N-dealkylation sites (N-methyl/N-ethyl adjacent to an activating group) is 2. The van der Waals surface area contributed by atoms with Gasteiger partial charge in [-0.3, -0.25) is 9.59 Å². The maximum absolute atomic E-state index is 11.8. The van der Waals surface area contributed by atoms with E-state index in [0.717, 1.165) is 12.8 Å². The van der Waals surface area contributed by atoms with E-state index < -0.39 is 0 Å². The summed E-state index contributed by atoms with van der Waals surface area (Å²) in [5, 5.41) is 0. The Hall–Kier alpha value is -0.770. The number of hydrogen-bond donors (Lipinski definition) is 0. The molecule has 0 aliphatic heterocycles. The zero-order valence-corrected chi connectivity index (χ0v) is 10.7. The molecule has 1 saturated carbocycles. The number of rotatable bonds is 4. The van der Waals surface area contributed by atoms with Gasteiger partial charge in [0.15, 0.2) is 0 Å². The minimum Gasteiger partial charge on any atom is -0.341 e. The van der Waals surface area contributed by atoms with Gasteiger partial charge in [-0.1, -0.05) is 12.8 Å². The Labute approximate surface area is 102 Å². The zero-order chi connectivity index (χ0) is 12.1. The van der Waals surface area contributed by atoms with Gasteiger partial charge in [0.1, 0.15) is 5.88 Å². The molecular weight excluding hydrogens is 228 g/mol. The molecule has 0 atom stereocenters. The molecule has 0 radical (unpaired) electrons. The molecule has 0 heterocycles. The smallest absolute Gasteiger partial charge is 0.242 e. The van der Waals surface area contributed by atoms with E-state index in [2.05, 4.69) is 0 Å². The lowest BCUT2D eigenvalue weighted by Gasteiger charge is -2.26. The zero-order valence-electron chi connectivity index (χ0n) is 9.91. The van der Waals surface area contributed by atoms with Crippen LogP contribution >= 0.6 is 11.6 Å². The van der Waals surface area contributed by atoms with E-state index >= 15 is 0 Å². The lowest BCUT2D eigenvalue weighted by molar-refractivity contribution is -0.138. The molecule has 16 heavy (non-hydrogen) atoms. The molecule has 0 unspecified atom stereocenters. The Kier molecular flexibility index (Phi) is 5.06. The molecule has 1 fully saturated rings. The third-order valence-electron chi connectivity index (χ3n) is 3.18. The predicted octanol–water partition coefficient (Wildman–Crippen LogP) is 1.08. The molecule has 1 rings (SSSR count). The Morgan fingerprint density at radius 2 is 1.75 bits per heavy atom. The highest BCUT2D eigenvalue weighted by Gasteiger charge is 2.24. The molecule has 1 aliphatic rings. The summed E-state index contributed by atoms with van der Waals surface area (Å²) in [5.41, 5.74) is 0. The molecule has 92 valence electrons. The molecule has 1 aliphatic carbocycles. The van der Waals surface area contributed by atoms with Crippen molar-refractivity contribution in [2.24, 2.45) is 0 Å². The average molecular weight is 247 g/mol. The second-order valence-corrected chi connectivity index (χ2v) is 4.59. The van der Waals surface area contributed by atoms with Crippen molar-refractivity contribution < 1.29 is 9.59 Å². The topological polar surface area (TPSA) is 40.6 Å². The van der Waals surface area contributed by atoms with E-state index in [9.17, 15) is 9.59 Å². The summed E-state index contributed by atoms with van der Waals surface area (Å²) in [4.78, 5) is 26.2. The Morgan fingerprint density at radius 1 is 1.19 bits per heavy atom. The van der Waals surface area contributed by atoms with Crippen LogP contribution < -0.4 is 0 Å². The molecule has 0 aromatic heterocycles. The molecule has 0 aromatic rings. The Bertz CT molecular complexity index is 265. The molecule has 2 amide bonds.